The highest BCUT2D eigenvalue weighted by molar-refractivity contribution is 6.53. The minimum atomic E-state index is -1.13. The molecule has 2 rings (SSSR count). The Labute approximate surface area is 118 Å². The highest BCUT2D eigenvalue weighted by Gasteiger charge is 2.46. The molecular weight excluding hydrogens is 283 g/mol. The van der Waals surface area contributed by atoms with Gasteiger partial charge in [-0.3, -0.25) is 14.4 Å². The Kier molecular flexibility index (Phi) is 3.97. The summed E-state index contributed by atoms with van der Waals surface area (Å²) in [7, 11) is 0. The van der Waals surface area contributed by atoms with Crippen LogP contribution in [-0.4, -0.2) is 41.9 Å². The number of benzene rings is 1. The molecule has 8 heteroatoms. The molecule has 1 fully saturated rings. The van der Waals surface area contributed by atoms with Gasteiger partial charge in [0.2, 0.25) is 0 Å². The fourth-order valence-corrected chi connectivity index (χ4v) is 1.80. The van der Waals surface area contributed by atoms with Gasteiger partial charge in [0.1, 0.15) is 12.4 Å². The van der Waals surface area contributed by atoms with E-state index in [1.54, 1.807) is 6.92 Å². The monoisotopic (exact) mass is 294 g/mol. The molecule has 7 nitrogen and oxygen atoms in total. The summed E-state index contributed by atoms with van der Waals surface area (Å²) < 4.78 is 17.5. The van der Waals surface area contributed by atoms with Gasteiger partial charge in [-0.1, -0.05) is 0 Å². The summed E-state index contributed by atoms with van der Waals surface area (Å²) in [5.41, 5.74) is 0.0473. The molecule has 0 aromatic heterocycles. The summed E-state index contributed by atoms with van der Waals surface area (Å²) in [4.78, 5) is 48.0. The van der Waals surface area contributed by atoms with E-state index in [9.17, 15) is 23.6 Å². The van der Waals surface area contributed by atoms with Crippen molar-refractivity contribution >= 4 is 29.5 Å². The molecule has 1 aliphatic rings. The molecule has 0 aliphatic carbocycles. The molecule has 0 atom stereocenters. The average Bonchev–Trinajstić information content (AvgIpc) is 2.65. The van der Waals surface area contributed by atoms with Crippen LogP contribution < -0.4 is 4.90 Å². The highest BCUT2D eigenvalue weighted by Crippen LogP contribution is 2.22. The number of rotatable bonds is 4. The number of nitrogens with zero attached hydrogens (tertiary/aromatic N) is 2. The van der Waals surface area contributed by atoms with Crippen molar-refractivity contribution < 1.29 is 28.3 Å². The molecule has 1 aromatic rings. The molecule has 1 heterocycles. The SMILES string of the molecule is CCOC(=O)CN1C(=O)C(=O)N(c2ccc(F)cc2)C1=O. The van der Waals surface area contributed by atoms with Gasteiger partial charge in [0.25, 0.3) is 0 Å². The summed E-state index contributed by atoms with van der Waals surface area (Å²) in [5.74, 6) is -3.58. The zero-order valence-electron chi connectivity index (χ0n) is 11.0. The maximum absolute atomic E-state index is 12.9. The Balaban J connectivity index is 2.24. The van der Waals surface area contributed by atoms with Crippen molar-refractivity contribution in [1.82, 2.24) is 4.90 Å². The molecule has 0 unspecified atom stereocenters. The van der Waals surface area contributed by atoms with Crippen molar-refractivity contribution in [3.05, 3.63) is 30.1 Å². The van der Waals surface area contributed by atoms with Crippen LogP contribution in [0.3, 0.4) is 0 Å². The van der Waals surface area contributed by atoms with Gasteiger partial charge in [-0.05, 0) is 31.2 Å². The molecule has 0 N–H and O–H groups in total. The second-order valence-electron chi connectivity index (χ2n) is 4.10. The maximum atomic E-state index is 12.9. The van der Waals surface area contributed by atoms with E-state index in [4.69, 9.17) is 0 Å². The standard InChI is InChI=1S/C13H11FN2O5/c1-2-21-10(17)7-15-11(18)12(19)16(13(15)20)9-5-3-8(14)4-6-9/h3-6H,2,7H2,1H3. The van der Waals surface area contributed by atoms with E-state index in [1.165, 1.54) is 12.1 Å². The van der Waals surface area contributed by atoms with Crippen LogP contribution in [0.1, 0.15) is 6.92 Å². The zero-order chi connectivity index (χ0) is 15.6. The van der Waals surface area contributed by atoms with E-state index in [1.807, 2.05) is 0 Å². The molecule has 1 saturated heterocycles. The summed E-state index contributed by atoms with van der Waals surface area (Å²) in [6, 6.07) is 3.51. The van der Waals surface area contributed by atoms with Crippen LogP contribution in [-0.2, 0) is 19.1 Å². The van der Waals surface area contributed by atoms with Crippen molar-refractivity contribution in [3.8, 4) is 0 Å². The first-order valence-electron chi connectivity index (χ1n) is 6.06. The normalized spacial score (nSPS) is 14.9. The molecule has 110 valence electrons. The fourth-order valence-electron chi connectivity index (χ4n) is 1.80. The third kappa shape index (κ3) is 2.73. The number of halogens is 1. The van der Waals surface area contributed by atoms with Crippen LogP contribution in [0, 0.1) is 5.82 Å². The molecule has 0 spiro atoms. The fraction of sp³-hybridized carbons (Fsp3) is 0.231. The summed E-state index contributed by atoms with van der Waals surface area (Å²) in [5, 5.41) is 0. The molecule has 0 bridgehead atoms. The number of hydrogen-bond acceptors (Lipinski definition) is 5. The van der Waals surface area contributed by atoms with Gasteiger partial charge in [0, 0.05) is 0 Å². The number of carbonyl (C=O) groups excluding carboxylic acids is 4. The van der Waals surface area contributed by atoms with Crippen LogP contribution in [0.25, 0.3) is 0 Å². The average molecular weight is 294 g/mol. The first-order chi connectivity index (χ1) is 9.95. The lowest BCUT2D eigenvalue weighted by Gasteiger charge is -2.14. The zero-order valence-corrected chi connectivity index (χ0v) is 11.0. The lowest BCUT2D eigenvalue weighted by atomic mass is 10.3. The predicted octanol–water partition coefficient (Wildman–Crippen LogP) is 0.684. The summed E-state index contributed by atoms with van der Waals surface area (Å²) in [6.45, 7) is 1.01. The third-order valence-electron chi connectivity index (χ3n) is 2.73. The Bertz CT molecular complexity index is 613. The van der Waals surface area contributed by atoms with E-state index >= 15 is 0 Å². The molecule has 4 amide bonds. The van der Waals surface area contributed by atoms with Crippen molar-refractivity contribution in [1.29, 1.82) is 0 Å². The van der Waals surface area contributed by atoms with E-state index in [0.717, 1.165) is 12.1 Å². The largest absolute Gasteiger partial charge is 0.465 e. The number of urea groups is 1. The Hall–Kier alpha value is -2.77. The van der Waals surface area contributed by atoms with Crippen molar-refractivity contribution in [2.75, 3.05) is 18.1 Å². The van der Waals surface area contributed by atoms with Crippen LogP contribution in [0.5, 0.6) is 0 Å². The lowest BCUT2D eigenvalue weighted by Crippen LogP contribution is -2.37. The topological polar surface area (TPSA) is 84.0 Å². The smallest absolute Gasteiger partial charge is 0.339 e. The second kappa shape index (κ2) is 5.70. The van der Waals surface area contributed by atoms with Crippen molar-refractivity contribution in [3.63, 3.8) is 0 Å². The number of anilines is 1. The quantitative estimate of drug-likeness (QED) is 0.463. The van der Waals surface area contributed by atoms with Crippen LogP contribution >= 0.6 is 0 Å². The van der Waals surface area contributed by atoms with E-state index < -0.39 is 36.2 Å². The molecule has 1 aliphatic heterocycles. The summed E-state index contributed by atoms with van der Waals surface area (Å²) >= 11 is 0. The van der Waals surface area contributed by atoms with Crippen LogP contribution in [0.4, 0.5) is 14.9 Å². The minimum absolute atomic E-state index is 0.0473. The number of amides is 4. The molecule has 21 heavy (non-hydrogen) atoms. The number of carbonyl (C=O) groups is 4. The Morgan fingerprint density at radius 1 is 1.14 bits per heavy atom. The van der Waals surface area contributed by atoms with Crippen LogP contribution in [0.2, 0.25) is 0 Å². The van der Waals surface area contributed by atoms with E-state index in [2.05, 4.69) is 4.74 Å². The molecular formula is C13H11FN2O5. The van der Waals surface area contributed by atoms with Gasteiger partial charge in [-0.2, -0.15) is 0 Å². The van der Waals surface area contributed by atoms with Crippen molar-refractivity contribution in [2.24, 2.45) is 0 Å². The molecule has 0 radical (unpaired) electrons. The second-order valence-corrected chi connectivity index (χ2v) is 4.10. The first kappa shape index (κ1) is 14.6. The Morgan fingerprint density at radius 2 is 1.76 bits per heavy atom. The third-order valence-corrected chi connectivity index (χ3v) is 2.73. The lowest BCUT2D eigenvalue weighted by molar-refractivity contribution is -0.148. The number of esters is 1. The minimum Gasteiger partial charge on any atom is -0.465 e. The predicted molar refractivity (Wildman–Crippen MR) is 67.6 cm³/mol. The van der Waals surface area contributed by atoms with Crippen LogP contribution in [0.15, 0.2) is 24.3 Å². The van der Waals surface area contributed by atoms with E-state index in [-0.39, 0.29) is 12.3 Å². The maximum Gasteiger partial charge on any atom is 0.339 e. The van der Waals surface area contributed by atoms with E-state index in [0.29, 0.717) is 9.80 Å². The van der Waals surface area contributed by atoms with Gasteiger partial charge in [-0.15, -0.1) is 0 Å². The van der Waals surface area contributed by atoms with Gasteiger partial charge in [-0.25, -0.2) is 19.0 Å². The van der Waals surface area contributed by atoms with Crippen molar-refractivity contribution in [2.45, 2.75) is 6.92 Å². The van der Waals surface area contributed by atoms with Gasteiger partial charge < -0.3 is 4.74 Å². The van der Waals surface area contributed by atoms with Gasteiger partial charge in [0.05, 0.1) is 12.3 Å². The number of imide groups is 2. The molecule has 0 saturated carbocycles. The van der Waals surface area contributed by atoms with Gasteiger partial charge in [0.15, 0.2) is 0 Å². The molecule has 1 aromatic carbocycles. The number of ether oxygens (including phenoxy) is 1. The number of hydrogen-bond donors (Lipinski definition) is 0. The highest BCUT2D eigenvalue weighted by atomic mass is 19.1. The summed E-state index contributed by atoms with van der Waals surface area (Å²) in [6.07, 6.45) is 0. The van der Waals surface area contributed by atoms with Gasteiger partial charge >= 0.3 is 23.8 Å². The first-order valence-corrected chi connectivity index (χ1v) is 6.06. The Morgan fingerprint density at radius 3 is 2.33 bits per heavy atom.